The van der Waals surface area contributed by atoms with Gasteiger partial charge >= 0.3 is 0 Å². The molecule has 0 bridgehead atoms. The van der Waals surface area contributed by atoms with Gasteiger partial charge in [-0.15, -0.1) is 0 Å². The highest BCUT2D eigenvalue weighted by Gasteiger charge is 2.47. The molecule has 5 rings (SSSR count). The van der Waals surface area contributed by atoms with Crippen molar-refractivity contribution in [3.8, 4) is 0 Å². The van der Waals surface area contributed by atoms with Crippen molar-refractivity contribution in [1.29, 1.82) is 0 Å². The minimum atomic E-state index is -0.718. The predicted molar refractivity (Wildman–Crippen MR) is 142 cm³/mol. The van der Waals surface area contributed by atoms with E-state index in [1.807, 2.05) is 19.9 Å². The molecule has 0 saturated carbocycles. The van der Waals surface area contributed by atoms with Crippen LogP contribution in [-0.2, 0) is 11.3 Å². The van der Waals surface area contributed by atoms with E-state index in [0.717, 1.165) is 49.1 Å². The molecule has 2 atom stereocenters. The van der Waals surface area contributed by atoms with Crippen LogP contribution in [0.1, 0.15) is 46.2 Å². The van der Waals surface area contributed by atoms with Crippen LogP contribution in [0.2, 0.25) is 5.02 Å². The minimum Gasteiger partial charge on any atom is -0.390 e. The summed E-state index contributed by atoms with van der Waals surface area (Å²) in [4.78, 5) is 19.1. The molecule has 0 unspecified atom stereocenters. The molecule has 10 heteroatoms. The summed E-state index contributed by atoms with van der Waals surface area (Å²) >= 11 is 8.15. The fourth-order valence-electron chi connectivity index (χ4n) is 5.58. The lowest BCUT2D eigenvalue weighted by Crippen LogP contribution is -2.56. The molecule has 0 amide bonds. The highest BCUT2D eigenvalue weighted by atomic mass is 35.5. The number of hydrogen-bond donors (Lipinski definition) is 2. The topological polar surface area (TPSA) is 94.8 Å². The molecule has 196 valence electrons. The van der Waals surface area contributed by atoms with Gasteiger partial charge in [0.1, 0.15) is 16.5 Å². The number of hydrogen-bond acceptors (Lipinski definition) is 9. The lowest BCUT2D eigenvalue weighted by atomic mass is 9.70. The average molecular weight is 534 g/mol. The standard InChI is InChI=1S/C26H36ClN5O3S/c1-16-17(2)35-15-26(16)6-9-31(10-7-26)23-19(14-33)30-21(11-29-23)36-20-5-8-28-24(22(20)27)32-12-18(13-32)25(3,4)34/h5,8,11,16-18,33-34H,6-7,9-10,12-15H2,1-4H3/t16-,17+/m1/s1. The van der Waals surface area contributed by atoms with E-state index in [0.29, 0.717) is 40.9 Å². The van der Waals surface area contributed by atoms with E-state index >= 15 is 0 Å². The summed E-state index contributed by atoms with van der Waals surface area (Å²) in [6.07, 6.45) is 5.93. The molecule has 0 radical (unpaired) electrons. The maximum Gasteiger partial charge on any atom is 0.152 e. The molecule has 0 aliphatic carbocycles. The van der Waals surface area contributed by atoms with Crippen molar-refractivity contribution in [3.63, 3.8) is 0 Å². The molecule has 8 nitrogen and oxygen atoms in total. The van der Waals surface area contributed by atoms with Gasteiger partial charge in [-0.1, -0.05) is 30.3 Å². The van der Waals surface area contributed by atoms with Gasteiger partial charge in [-0.3, -0.25) is 0 Å². The molecule has 0 aromatic carbocycles. The molecule has 3 aliphatic rings. The van der Waals surface area contributed by atoms with Gasteiger partial charge in [0.25, 0.3) is 0 Å². The third-order valence-corrected chi connectivity index (χ3v) is 9.99. The van der Waals surface area contributed by atoms with Crippen LogP contribution in [0.25, 0.3) is 0 Å². The molecule has 2 aromatic rings. The first kappa shape index (κ1) is 26.0. The molecule has 2 N–H and O–H groups in total. The lowest BCUT2D eigenvalue weighted by Gasteiger charge is -2.46. The molecule has 2 aromatic heterocycles. The van der Waals surface area contributed by atoms with Crippen LogP contribution in [0.15, 0.2) is 28.4 Å². The van der Waals surface area contributed by atoms with Gasteiger partial charge in [0.15, 0.2) is 5.82 Å². The number of pyridine rings is 1. The van der Waals surface area contributed by atoms with Gasteiger partial charge in [0, 0.05) is 48.6 Å². The third-order valence-electron chi connectivity index (χ3n) is 8.54. The number of aromatic nitrogens is 3. The van der Waals surface area contributed by atoms with Gasteiger partial charge in [0.2, 0.25) is 0 Å². The lowest BCUT2D eigenvalue weighted by molar-refractivity contribution is 0.00438. The van der Waals surface area contributed by atoms with Crippen LogP contribution >= 0.6 is 23.4 Å². The number of anilines is 2. The Labute approximate surface area is 222 Å². The van der Waals surface area contributed by atoms with Gasteiger partial charge in [-0.2, -0.15) is 0 Å². The van der Waals surface area contributed by atoms with Crippen LogP contribution in [0, 0.1) is 17.3 Å². The number of piperidine rings is 1. The second kappa shape index (κ2) is 9.91. The molecule has 36 heavy (non-hydrogen) atoms. The third kappa shape index (κ3) is 4.80. The first-order valence-electron chi connectivity index (χ1n) is 12.7. The molecule has 1 spiro atoms. The quantitative estimate of drug-likeness (QED) is 0.570. The highest BCUT2D eigenvalue weighted by molar-refractivity contribution is 7.99. The predicted octanol–water partition coefficient (Wildman–Crippen LogP) is 4.02. The number of nitrogens with zero attached hydrogens (tertiary/aromatic N) is 5. The molecule has 5 heterocycles. The smallest absolute Gasteiger partial charge is 0.152 e. The van der Waals surface area contributed by atoms with E-state index in [1.165, 1.54) is 11.8 Å². The Morgan fingerprint density at radius 1 is 1.17 bits per heavy atom. The fraction of sp³-hybridized carbons (Fsp3) is 0.654. The van der Waals surface area contributed by atoms with Gasteiger partial charge in [-0.25, -0.2) is 15.0 Å². The zero-order valence-corrected chi connectivity index (χ0v) is 23.0. The first-order chi connectivity index (χ1) is 17.1. The highest BCUT2D eigenvalue weighted by Crippen LogP contribution is 2.47. The Hall–Kier alpha value is -1.65. The summed E-state index contributed by atoms with van der Waals surface area (Å²) in [5.41, 5.74) is 0.114. The Balaban J connectivity index is 1.28. The van der Waals surface area contributed by atoms with Crippen molar-refractivity contribution in [2.24, 2.45) is 17.3 Å². The molecule has 3 saturated heterocycles. The van der Waals surface area contributed by atoms with E-state index in [2.05, 4.69) is 28.6 Å². The summed E-state index contributed by atoms with van der Waals surface area (Å²) in [7, 11) is 0. The number of ether oxygens (including phenoxy) is 1. The Morgan fingerprint density at radius 2 is 1.89 bits per heavy atom. The van der Waals surface area contributed by atoms with E-state index in [1.54, 1.807) is 12.4 Å². The van der Waals surface area contributed by atoms with Crippen LogP contribution in [-0.4, -0.2) is 69.7 Å². The Kier molecular flexibility index (Phi) is 7.15. The van der Waals surface area contributed by atoms with Crippen molar-refractivity contribution in [1.82, 2.24) is 15.0 Å². The van der Waals surface area contributed by atoms with E-state index in [9.17, 15) is 10.2 Å². The van der Waals surface area contributed by atoms with Crippen molar-refractivity contribution < 1.29 is 14.9 Å². The van der Waals surface area contributed by atoms with Crippen LogP contribution in [0.5, 0.6) is 0 Å². The first-order valence-corrected chi connectivity index (χ1v) is 13.9. The number of halogens is 1. The van der Waals surface area contributed by atoms with Crippen LogP contribution in [0.3, 0.4) is 0 Å². The average Bonchev–Trinajstić information content (AvgIpc) is 3.08. The maximum absolute atomic E-state index is 10.2. The maximum atomic E-state index is 10.2. The van der Waals surface area contributed by atoms with Gasteiger partial charge in [-0.05, 0) is 45.6 Å². The SMILES string of the molecule is C[C@@H]1OCC2(CCN(c3ncc(Sc4ccnc(N5CC(C(C)(C)O)C5)c4Cl)nc3CO)CC2)[C@@H]1C. The second-order valence-electron chi connectivity index (χ2n) is 11.1. The minimum absolute atomic E-state index is 0.170. The molecular formula is C26H36ClN5O3S. The summed E-state index contributed by atoms with van der Waals surface area (Å²) in [5.74, 6) is 2.22. The second-order valence-corrected chi connectivity index (χ2v) is 12.5. The number of rotatable bonds is 6. The summed E-state index contributed by atoms with van der Waals surface area (Å²) in [6, 6.07) is 1.87. The van der Waals surface area contributed by atoms with E-state index in [4.69, 9.17) is 26.3 Å². The van der Waals surface area contributed by atoms with Gasteiger partial charge in [0.05, 0.1) is 36.1 Å². The summed E-state index contributed by atoms with van der Waals surface area (Å²) in [6.45, 7) is 12.0. The summed E-state index contributed by atoms with van der Waals surface area (Å²) < 4.78 is 5.96. The van der Waals surface area contributed by atoms with Crippen LogP contribution < -0.4 is 9.80 Å². The Morgan fingerprint density at radius 3 is 2.50 bits per heavy atom. The van der Waals surface area contributed by atoms with Gasteiger partial charge < -0.3 is 24.7 Å². The zero-order chi connectivity index (χ0) is 25.7. The monoisotopic (exact) mass is 533 g/mol. The number of aliphatic hydroxyl groups excluding tert-OH is 1. The number of aliphatic hydroxyl groups is 2. The Bertz CT molecular complexity index is 1100. The molecular weight excluding hydrogens is 498 g/mol. The molecule has 3 fully saturated rings. The molecule has 3 aliphatic heterocycles. The normalized spacial score (nSPS) is 24.4. The fourth-order valence-corrected chi connectivity index (χ4v) is 6.73. The van der Waals surface area contributed by atoms with Crippen molar-refractivity contribution >= 4 is 35.0 Å². The van der Waals surface area contributed by atoms with E-state index < -0.39 is 5.60 Å². The summed E-state index contributed by atoms with van der Waals surface area (Å²) in [5, 5.41) is 21.6. The van der Waals surface area contributed by atoms with Crippen molar-refractivity contribution in [3.05, 3.63) is 29.2 Å². The van der Waals surface area contributed by atoms with E-state index in [-0.39, 0.29) is 17.9 Å². The largest absolute Gasteiger partial charge is 0.390 e. The zero-order valence-electron chi connectivity index (χ0n) is 21.4. The van der Waals surface area contributed by atoms with Crippen molar-refractivity contribution in [2.45, 2.75) is 68.8 Å². The van der Waals surface area contributed by atoms with Crippen LogP contribution in [0.4, 0.5) is 11.6 Å². The van der Waals surface area contributed by atoms with Crippen molar-refractivity contribution in [2.75, 3.05) is 42.6 Å².